The number of ether oxygens (including phenoxy) is 2. The normalized spacial score (nSPS) is 12.3. The fraction of sp³-hybridized carbons (Fsp3) is 0.545. The summed E-state index contributed by atoms with van der Waals surface area (Å²) in [6.07, 6.45) is 1.66. The number of benzene rings is 1. The minimum Gasteiger partial charge on any atom is -0.493 e. The van der Waals surface area contributed by atoms with Crippen molar-refractivity contribution in [3.05, 3.63) is 40.8 Å². The number of aryl methyl sites for hydroxylation is 2. The second-order valence-corrected chi connectivity index (χ2v) is 7.14. The van der Waals surface area contributed by atoms with Gasteiger partial charge in [0.25, 0.3) is 0 Å². The summed E-state index contributed by atoms with van der Waals surface area (Å²) in [4.78, 5) is 6.52. The van der Waals surface area contributed by atoms with Gasteiger partial charge in [0, 0.05) is 32.1 Å². The first-order chi connectivity index (χ1) is 14.5. The van der Waals surface area contributed by atoms with Gasteiger partial charge in [0.15, 0.2) is 17.5 Å². The number of rotatable bonds is 10. The molecule has 1 unspecified atom stereocenters. The summed E-state index contributed by atoms with van der Waals surface area (Å²) < 4.78 is 16.3. The number of aromatic nitrogens is 1. The molecule has 2 rings (SSSR count). The van der Waals surface area contributed by atoms with E-state index in [1.807, 2.05) is 12.1 Å². The molecule has 174 valence electrons. The van der Waals surface area contributed by atoms with Crippen molar-refractivity contribution in [2.75, 3.05) is 41.9 Å². The molecule has 2 aromatic rings. The van der Waals surface area contributed by atoms with Gasteiger partial charge in [-0.1, -0.05) is 25.1 Å². The average molecular weight is 545 g/mol. The fourth-order valence-electron chi connectivity index (χ4n) is 3.38. The first-order valence-corrected chi connectivity index (χ1v) is 10.3. The third-order valence-corrected chi connectivity index (χ3v) is 5.14. The van der Waals surface area contributed by atoms with E-state index in [1.165, 1.54) is 0 Å². The van der Waals surface area contributed by atoms with Crippen molar-refractivity contribution in [1.29, 1.82) is 0 Å². The van der Waals surface area contributed by atoms with E-state index in [1.54, 1.807) is 21.3 Å². The molecule has 0 spiro atoms. The quantitative estimate of drug-likeness (QED) is 0.269. The lowest BCUT2D eigenvalue weighted by atomic mass is 10.1. The number of methoxy groups -OCH3 is 2. The van der Waals surface area contributed by atoms with Crippen molar-refractivity contribution in [2.45, 2.75) is 39.3 Å². The molecule has 1 heterocycles. The fourth-order valence-corrected chi connectivity index (χ4v) is 3.38. The number of nitrogens with zero attached hydrogens (tertiary/aromatic N) is 3. The zero-order valence-corrected chi connectivity index (χ0v) is 21.9. The van der Waals surface area contributed by atoms with E-state index in [2.05, 4.69) is 59.7 Å². The van der Waals surface area contributed by atoms with Crippen molar-refractivity contribution in [1.82, 2.24) is 20.7 Å². The summed E-state index contributed by atoms with van der Waals surface area (Å²) in [7, 11) is 9.16. The van der Waals surface area contributed by atoms with Crippen molar-refractivity contribution in [2.24, 2.45) is 4.99 Å². The summed E-state index contributed by atoms with van der Waals surface area (Å²) in [6.45, 7) is 5.45. The van der Waals surface area contributed by atoms with Crippen LogP contribution in [0.3, 0.4) is 0 Å². The lowest BCUT2D eigenvalue weighted by Gasteiger charge is -2.26. The van der Waals surface area contributed by atoms with Crippen LogP contribution in [0.15, 0.2) is 27.7 Å². The molecule has 31 heavy (non-hydrogen) atoms. The number of hydrogen-bond acceptors (Lipinski definition) is 6. The van der Waals surface area contributed by atoms with Crippen LogP contribution in [0, 0.1) is 0 Å². The maximum atomic E-state index is 5.46. The van der Waals surface area contributed by atoms with Gasteiger partial charge in [0.05, 0.1) is 26.0 Å². The number of likely N-dealkylation sites (N-methyl/N-ethyl adjacent to an activating group) is 1. The molecule has 8 nitrogen and oxygen atoms in total. The van der Waals surface area contributed by atoms with E-state index < -0.39 is 0 Å². The van der Waals surface area contributed by atoms with Crippen molar-refractivity contribution >= 4 is 29.9 Å². The molecule has 1 atom stereocenters. The first-order valence-electron chi connectivity index (χ1n) is 10.3. The number of nitrogens with one attached hydrogen (secondary N) is 2. The Morgan fingerprint density at radius 2 is 1.84 bits per heavy atom. The Kier molecular flexibility index (Phi) is 11.7. The van der Waals surface area contributed by atoms with Gasteiger partial charge in [0.1, 0.15) is 5.76 Å². The Balaban J connectivity index is 0.00000480. The molecule has 0 saturated heterocycles. The van der Waals surface area contributed by atoms with Gasteiger partial charge in [-0.3, -0.25) is 4.99 Å². The Morgan fingerprint density at radius 3 is 2.39 bits per heavy atom. The Bertz CT molecular complexity index is 817. The van der Waals surface area contributed by atoms with Gasteiger partial charge in [-0.15, -0.1) is 24.0 Å². The second-order valence-electron chi connectivity index (χ2n) is 7.14. The van der Waals surface area contributed by atoms with Crippen molar-refractivity contribution < 1.29 is 14.0 Å². The van der Waals surface area contributed by atoms with Crippen LogP contribution in [-0.2, 0) is 19.4 Å². The van der Waals surface area contributed by atoms with Crippen LogP contribution in [-0.4, -0.2) is 57.9 Å². The third kappa shape index (κ3) is 6.99. The zero-order chi connectivity index (χ0) is 22.1. The van der Waals surface area contributed by atoms with Crippen LogP contribution in [0.25, 0.3) is 0 Å². The molecule has 0 saturated carbocycles. The predicted octanol–water partition coefficient (Wildman–Crippen LogP) is 3.40. The van der Waals surface area contributed by atoms with Crippen molar-refractivity contribution in [3.63, 3.8) is 0 Å². The van der Waals surface area contributed by atoms with Gasteiger partial charge < -0.3 is 29.5 Å². The molecule has 9 heteroatoms. The summed E-state index contributed by atoms with van der Waals surface area (Å²) in [5.41, 5.74) is 3.24. The highest BCUT2D eigenvalue weighted by atomic mass is 127. The minimum atomic E-state index is 0. The minimum absolute atomic E-state index is 0. The van der Waals surface area contributed by atoms with E-state index in [9.17, 15) is 0 Å². The van der Waals surface area contributed by atoms with Gasteiger partial charge >= 0.3 is 0 Å². The van der Waals surface area contributed by atoms with Gasteiger partial charge in [-0.2, -0.15) is 0 Å². The van der Waals surface area contributed by atoms with E-state index >= 15 is 0 Å². The largest absolute Gasteiger partial charge is 0.493 e. The number of hydrogen-bond donors (Lipinski definition) is 2. The molecule has 0 amide bonds. The topological polar surface area (TPSA) is 84.2 Å². The Morgan fingerprint density at radius 1 is 1.13 bits per heavy atom. The van der Waals surface area contributed by atoms with Crippen LogP contribution in [0.1, 0.15) is 42.5 Å². The monoisotopic (exact) mass is 545 g/mol. The molecule has 2 N–H and O–H groups in total. The van der Waals surface area contributed by atoms with Crippen LogP contribution >= 0.6 is 24.0 Å². The molecule has 1 aromatic carbocycles. The van der Waals surface area contributed by atoms with E-state index in [-0.39, 0.29) is 30.0 Å². The summed E-state index contributed by atoms with van der Waals surface area (Å²) in [5.74, 6) is 3.09. The van der Waals surface area contributed by atoms with Crippen molar-refractivity contribution in [3.8, 4) is 11.5 Å². The molecule has 0 radical (unpaired) electrons. The molecular weight excluding hydrogens is 509 g/mol. The molecule has 0 fully saturated rings. The SMILES string of the molecule is CCc1noc(CC)c1CNC(=NC)NCC(c1ccc(OC)c(OC)c1)N(C)C.I. The predicted molar refractivity (Wildman–Crippen MR) is 135 cm³/mol. The molecule has 0 aliphatic carbocycles. The highest BCUT2D eigenvalue weighted by Gasteiger charge is 2.18. The van der Waals surface area contributed by atoms with Gasteiger partial charge in [0.2, 0.25) is 0 Å². The summed E-state index contributed by atoms with van der Waals surface area (Å²) in [6, 6.07) is 6.13. The average Bonchev–Trinajstić information content (AvgIpc) is 3.17. The standard InChI is InChI=1S/C22H35N5O3.HI/c1-8-17-16(19(9-2)30-26-17)13-24-22(23-3)25-14-18(27(4)5)15-10-11-20(28-6)21(12-15)29-7;/h10-12,18H,8-9,13-14H2,1-7H3,(H2,23,24,25);1H. The van der Waals surface area contributed by atoms with Crippen LogP contribution in [0.2, 0.25) is 0 Å². The molecule has 0 aliphatic rings. The lowest BCUT2D eigenvalue weighted by molar-refractivity contribution is 0.295. The molecule has 1 aromatic heterocycles. The molecular formula is C22H36IN5O3. The van der Waals surface area contributed by atoms with Crippen LogP contribution in [0.4, 0.5) is 0 Å². The van der Waals surface area contributed by atoms with E-state index in [0.717, 1.165) is 52.9 Å². The zero-order valence-electron chi connectivity index (χ0n) is 19.6. The van der Waals surface area contributed by atoms with E-state index in [0.29, 0.717) is 13.1 Å². The maximum absolute atomic E-state index is 5.46. The number of halogens is 1. The summed E-state index contributed by atoms with van der Waals surface area (Å²) in [5, 5.41) is 11.0. The smallest absolute Gasteiger partial charge is 0.191 e. The highest BCUT2D eigenvalue weighted by Crippen LogP contribution is 2.31. The molecule has 0 aliphatic heterocycles. The van der Waals surface area contributed by atoms with E-state index in [4.69, 9.17) is 14.0 Å². The number of aliphatic imine (C=N–C) groups is 1. The molecule has 0 bridgehead atoms. The third-order valence-electron chi connectivity index (χ3n) is 5.14. The van der Waals surface area contributed by atoms with Gasteiger partial charge in [-0.25, -0.2) is 0 Å². The van der Waals surface area contributed by atoms with Gasteiger partial charge in [-0.05, 0) is 38.2 Å². The lowest BCUT2D eigenvalue weighted by Crippen LogP contribution is -2.41. The maximum Gasteiger partial charge on any atom is 0.191 e. The first kappa shape index (κ1) is 27.0. The Labute approximate surface area is 202 Å². The second kappa shape index (κ2) is 13.4. The number of guanidine groups is 1. The highest BCUT2D eigenvalue weighted by molar-refractivity contribution is 14.0. The van der Waals surface area contributed by atoms with Crippen LogP contribution in [0.5, 0.6) is 11.5 Å². The van der Waals surface area contributed by atoms with Crippen LogP contribution < -0.4 is 20.1 Å². The summed E-state index contributed by atoms with van der Waals surface area (Å²) >= 11 is 0. The Hall–Kier alpha value is -2.01.